The highest BCUT2D eigenvalue weighted by atomic mass is 32.1. The zero-order valence-electron chi connectivity index (χ0n) is 8.70. The molecule has 2 rings (SSSR count). The largest absolute Gasteiger partial charge is 0.308 e. The van der Waals surface area contributed by atoms with E-state index in [-0.39, 0.29) is 0 Å². The highest BCUT2D eigenvalue weighted by molar-refractivity contribution is 7.09. The van der Waals surface area contributed by atoms with Crippen molar-refractivity contribution >= 4 is 11.3 Å². The smallest absolute Gasteiger partial charge is 0.106 e. The summed E-state index contributed by atoms with van der Waals surface area (Å²) in [5, 5.41) is 6.85. The van der Waals surface area contributed by atoms with Crippen LogP contribution < -0.4 is 5.32 Å². The molecule has 2 unspecified atom stereocenters. The number of rotatable bonds is 4. The third kappa shape index (κ3) is 2.55. The zero-order valence-corrected chi connectivity index (χ0v) is 9.52. The molecule has 14 heavy (non-hydrogen) atoms. The highest BCUT2D eigenvalue weighted by Crippen LogP contribution is 2.27. The maximum atomic E-state index is 4.27. The Balaban J connectivity index is 1.72. The van der Waals surface area contributed by atoms with Crippen molar-refractivity contribution in [2.24, 2.45) is 5.92 Å². The molecule has 2 nitrogen and oxygen atoms in total. The summed E-state index contributed by atoms with van der Waals surface area (Å²) in [4.78, 5) is 4.27. The predicted molar refractivity (Wildman–Crippen MR) is 60.4 cm³/mol. The molecule has 0 aromatic carbocycles. The molecule has 1 aliphatic rings. The molecule has 0 amide bonds. The summed E-state index contributed by atoms with van der Waals surface area (Å²) in [6, 6.07) is 0.740. The van der Waals surface area contributed by atoms with Crippen molar-refractivity contribution in [1.82, 2.24) is 10.3 Å². The van der Waals surface area contributed by atoms with Gasteiger partial charge < -0.3 is 5.32 Å². The first-order valence-electron chi connectivity index (χ1n) is 5.50. The fourth-order valence-electron chi connectivity index (χ4n) is 2.20. The molecule has 0 saturated heterocycles. The van der Waals surface area contributed by atoms with Gasteiger partial charge in [0, 0.05) is 24.2 Å². The minimum absolute atomic E-state index is 0.740. The van der Waals surface area contributed by atoms with Crippen molar-refractivity contribution in [3.05, 3.63) is 16.6 Å². The summed E-state index contributed by atoms with van der Waals surface area (Å²) in [6.45, 7) is 3.26. The van der Waals surface area contributed by atoms with Gasteiger partial charge in [-0.1, -0.05) is 13.3 Å². The van der Waals surface area contributed by atoms with Crippen LogP contribution >= 0.6 is 11.3 Å². The van der Waals surface area contributed by atoms with Gasteiger partial charge in [-0.2, -0.15) is 0 Å². The van der Waals surface area contributed by atoms with E-state index in [0.717, 1.165) is 18.5 Å². The van der Waals surface area contributed by atoms with Crippen molar-refractivity contribution in [3.8, 4) is 0 Å². The van der Waals surface area contributed by atoms with Crippen LogP contribution in [0.3, 0.4) is 0 Å². The SMILES string of the molecule is CCC1CCC(NCc2nccs2)C1. The van der Waals surface area contributed by atoms with E-state index < -0.39 is 0 Å². The van der Waals surface area contributed by atoms with Crippen LogP contribution in [-0.2, 0) is 6.54 Å². The Labute approximate surface area is 89.8 Å². The minimum Gasteiger partial charge on any atom is -0.308 e. The van der Waals surface area contributed by atoms with Crippen LogP contribution in [-0.4, -0.2) is 11.0 Å². The van der Waals surface area contributed by atoms with E-state index in [1.54, 1.807) is 11.3 Å². The van der Waals surface area contributed by atoms with Gasteiger partial charge in [0.25, 0.3) is 0 Å². The molecular weight excluding hydrogens is 192 g/mol. The second-order valence-electron chi connectivity index (χ2n) is 4.09. The van der Waals surface area contributed by atoms with Crippen LogP contribution in [0.2, 0.25) is 0 Å². The molecule has 1 N–H and O–H groups in total. The summed E-state index contributed by atoms with van der Waals surface area (Å²) >= 11 is 1.74. The monoisotopic (exact) mass is 210 g/mol. The zero-order chi connectivity index (χ0) is 9.80. The number of nitrogens with zero attached hydrogens (tertiary/aromatic N) is 1. The average Bonchev–Trinajstić information content (AvgIpc) is 2.86. The molecule has 1 saturated carbocycles. The van der Waals surface area contributed by atoms with Crippen molar-refractivity contribution in [2.75, 3.05) is 0 Å². The number of thiazole rings is 1. The lowest BCUT2D eigenvalue weighted by atomic mass is 10.1. The topological polar surface area (TPSA) is 24.9 Å². The fraction of sp³-hybridized carbons (Fsp3) is 0.727. The Morgan fingerprint density at radius 1 is 1.57 bits per heavy atom. The molecule has 1 aliphatic carbocycles. The summed E-state index contributed by atoms with van der Waals surface area (Å²) in [7, 11) is 0. The maximum Gasteiger partial charge on any atom is 0.106 e. The van der Waals surface area contributed by atoms with E-state index in [2.05, 4.69) is 17.2 Å². The van der Waals surface area contributed by atoms with E-state index in [0.29, 0.717) is 0 Å². The third-order valence-electron chi connectivity index (χ3n) is 3.14. The molecule has 1 aromatic heterocycles. The lowest BCUT2D eigenvalue weighted by Gasteiger charge is -2.11. The number of aromatic nitrogens is 1. The first-order chi connectivity index (χ1) is 6.88. The molecule has 1 heterocycles. The minimum atomic E-state index is 0.740. The van der Waals surface area contributed by atoms with Gasteiger partial charge in [-0.15, -0.1) is 11.3 Å². The fourth-order valence-corrected chi connectivity index (χ4v) is 2.77. The van der Waals surface area contributed by atoms with E-state index in [1.807, 2.05) is 11.6 Å². The summed E-state index contributed by atoms with van der Waals surface area (Å²) in [6.07, 6.45) is 7.35. The lowest BCUT2D eigenvalue weighted by Crippen LogP contribution is -2.25. The van der Waals surface area contributed by atoms with Gasteiger partial charge in [0.05, 0.1) is 0 Å². The first-order valence-corrected chi connectivity index (χ1v) is 6.38. The second kappa shape index (κ2) is 4.89. The van der Waals surface area contributed by atoms with Gasteiger partial charge in [0.15, 0.2) is 0 Å². The van der Waals surface area contributed by atoms with Gasteiger partial charge in [-0.3, -0.25) is 0 Å². The summed E-state index contributed by atoms with van der Waals surface area (Å²) in [5.41, 5.74) is 0. The molecule has 1 fully saturated rings. The molecule has 1 aromatic rings. The first kappa shape index (κ1) is 10.1. The average molecular weight is 210 g/mol. The van der Waals surface area contributed by atoms with Gasteiger partial charge in [-0.25, -0.2) is 4.98 Å². The standard InChI is InChI=1S/C11H18N2S/c1-2-9-3-4-10(7-9)13-8-11-12-5-6-14-11/h5-6,9-10,13H,2-4,7-8H2,1H3. The molecular formula is C11H18N2S. The van der Waals surface area contributed by atoms with Crippen LogP contribution in [0.5, 0.6) is 0 Å². The Morgan fingerprint density at radius 3 is 3.14 bits per heavy atom. The Morgan fingerprint density at radius 2 is 2.50 bits per heavy atom. The number of hydrogen-bond donors (Lipinski definition) is 1. The number of nitrogens with one attached hydrogen (secondary N) is 1. The lowest BCUT2D eigenvalue weighted by molar-refractivity contribution is 0.476. The van der Waals surface area contributed by atoms with Crippen LogP contribution in [0.25, 0.3) is 0 Å². The highest BCUT2D eigenvalue weighted by Gasteiger charge is 2.22. The van der Waals surface area contributed by atoms with Crippen LogP contribution in [0, 0.1) is 5.92 Å². The summed E-state index contributed by atoms with van der Waals surface area (Å²) < 4.78 is 0. The van der Waals surface area contributed by atoms with Gasteiger partial charge in [0.1, 0.15) is 5.01 Å². The molecule has 2 atom stereocenters. The van der Waals surface area contributed by atoms with E-state index in [9.17, 15) is 0 Å². The van der Waals surface area contributed by atoms with Gasteiger partial charge in [0.2, 0.25) is 0 Å². The normalized spacial score (nSPS) is 26.9. The van der Waals surface area contributed by atoms with Crippen molar-refractivity contribution in [1.29, 1.82) is 0 Å². The Hall–Kier alpha value is -0.410. The molecule has 0 bridgehead atoms. The molecule has 0 spiro atoms. The van der Waals surface area contributed by atoms with Gasteiger partial charge >= 0.3 is 0 Å². The third-order valence-corrected chi connectivity index (χ3v) is 3.92. The number of hydrogen-bond acceptors (Lipinski definition) is 3. The molecule has 3 heteroatoms. The van der Waals surface area contributed by atoms with Crippen molar-refractivity contribution in [3.63, 3.8) is 0 Å². The van der Waals surface area contributed by atoms with Crippen molar-refractivity contribution in [2.45, 2.75) is 45.2 Å². The molecule has 0 radical (unpaired) electrons. The molecule has 78 valence electrons. The van der Waals surface area contributed by atoms with E-state index in [4.69, 9.17) is 0 Å². The van der Waals surface area contributed by atoms with Gasteiger partial charge in [-0.05, 0) is 25.2 Å². The van der Waals surface area contributed by atoms with E-state index in [1.165, 1.54) is 30.7 Å². The van der Waals surface area contributed by atoms with Crippen LogP contribution in [0.1, 0.15) is 37.6 Å². The quantitative estimate of drug-likeness (QED) is 0.826. The van der Waals surface area contributed by atoms with Crippen LogP contribution in [0.4, 0.5) is 0 Å². The van der Waals surface area contributed by atoms with E-state index >= 15 is 0 Å². The molecule has 0 aliphatic heterocycles. The Bertz CT molecular complexity index is 258. The summed E-state index contributed by atoms with van der Waals surface area (Å²) in [5.74, 6) is 0.962. The Kier molecular flexibility index (Phi) is 3.54. The maximum absolute atomic E-state index is 4.27. The van der Waals surface area contributed by atoms with Crippen LogP contribution in [0.15, 0.2) is 11.6 Å². The van der Waals surface area contributed by atoms with Crippen molar-refractivity contribution < 1.29 is 0 Å². The second-order valence-corrected chi connectivity index (χ2v) is 5.07. The predicted octanol–water partition coefficient (Wildman–Crippen LogP) is 2.81.